The van der Waals surface area contributed by atoms with Gasteiger partial charge in [0.05, 0.1) is 16.6 Å². The minimum Gasteiger partial charge on any atom is -0.358 e. The predicted octanol–water partition coefficient (Wildman–Crippen LogP) is 4.19. The van der Waals surface area contributed by atoms with Crippen molar-refractivity contribution in [2.75, 3.05) is 24.5 Å². The quantitative estimate of drug-likeness (QED) is 0.626. The molecule has 0 atom stereocenters. The van der Waals surface area contributed by atoms with Crippen LogP contribution in [0.1, 0.15) is 50.2 Å². The molecule has 0 bridgehead atoms. The number of rotatable bonds is 6. The monoisotopic (exact) mass is 403 g/mol. The zero-order valence-corrected chi connectivity index (χ0v) is 17.8. The molecule has 1 N–H and O–H groups in total. The lowest BCUT2D eigenvalue weighted by molar-refractivity contribution is -0.125. The number of amides is 1. The smallest absolute Gasteiger partial charge is 0.223 e. The topological polar surface area (TPSA) is 73.4 Å². The van der Waals surface area contributed by atoms with Gasteiger partial charge in [0.2, 0.25) is 5.91 Å². The van der Waals surface area contributed by atoms with Crippen LogP contribution < -0.4 is 10.2 Å². The van der Waals surface area contributed by atoms with Gasteiger partial charge in [-0.1, -0.05) is 31.9 Å². The Labute approximate surface area is 177 Å². The molecule has 3 aromatic rings. The van der Waals surface area contributed by atoms with Crippen molar-refractivity contribution in [2.24, 2.45) is 5.92 Å². The second-order valence-corrected chi connectivity index (χ2v) is 8.19. The Morgan fingerprint density at radius 3 is 2.77 bits per heavy atom. The molecule has 156 valence electrons. The van der Waals surface area contributed by atoms with Gasteiger partial charge in [0.1, 0.15) is 11.9 Å². The first-order valence-corrected chi connectivity index (χ1v) is 11.0. The van der Waals surface area contributed by atoms with Crippen LogP contribution >= 0.6 is 0 Å². The number of aromatic nitrogens is 2. The van der Waals surface area contributed by atoms with Crippen LogP contribution in [0.15, 0.2) is 30.3 Å². The van der Waals surface area contributed by atoms with E-state index in [1.807, 2.05) is 31.2 Å². The van der Waals surface area contributed by atoms with Crippen molar-refractivity contribution in [3.63, 3.8) is 0 Å². The molecule has 1 aliphatic rings. The van der Waals surface area contributed by atoms with E-state index < -0.39 is 0 Å². The molecule has 0 unspecified atom stereocenters. The van der Waals surface area contributed by atoms with E-state index in [0.29, 0.717) is 11.2 Å². The minimum atomic E-state index is 0.0809. The van der Waals surface area contributed by atoms with E-state index in [-0.39, 0.29) is 11.8 Å². The second kappa shape index (κ2) is 8.74. The van der Waals surface area contributed by atoms with E-state index in [2.05, 4.69) is 33.7 Å². The first-order chi connectivity index (χ1) is 14.6. The highest BCUT2D eigenvalue weighted by atomic mass is 16.1. The highest BCUT2D eigenvalue weighted by Gasteiger charge is 2.27. The Morgan fingerprint density at radius 2 is 2.03 bits per heavy atom. The fourth-order valence-electron chi connectivity index (χ4n) is 4.40. The molecule has 1 fully saturated rings. The number of hydrogen-bond acceptors (Lipinski definition) is 4. The fraction of sp³-hybridized carbons (Fsp3) is 0.458. The third kappa shape index (κ3) is 3.72. The van der Waals surface area contributed by atoms with Crippen molar-refractivity contribution in [3.05, 3.63) is 41.5 Å². The van der Waals surface area contributed by atoms with Crippen LogP contribution in [0.25, 0.3) is 16.7 Å². The number of benzene rings is 1. The molecular formula is C24H29N5O. The number of nitrogens with zero attached hydrogens (tertiary/aromatic N) is 4. The summed E-state index contributed by atoms with van der Waals surface area (Å²) >= 11 is 0. The van der Waals surface area contributed by atoms with Crippen molar-refractivity contribution in [1.29, 1.82) is 5.26 Å². The summed E-state index contributed by atoms with van der Waals surface area (Å²) in [5.41, 5.74) is 4.17. The standard InChI is InChI=1S/C24H29N5O/c1-3-4-7-12-26-24(30)18-10-13-28(14-11-18)22-15-17(2)19(16-25)23-27-20-8-5-6-9-21(20)29(22)23/h5-6,8-9,15,18H,3-4,7,10-14H2,1-2H3,(H,26,30). The van der Waals surface area contributed by atoms with Gasteiger partial charge in [-0.25, -0.2) is 4.98 Å². The average molecular weight is 404 g/mol. The number of piperidine rings is 1. The lowest BCUT2D eigenvalue weighted by Gasteiger charge is -2.33. The molecule has 4 rings (SSSR count). The van der Waals surface area contributed by atoms with E-state index in [1.165, 1.54) is 0 Å². The number of pyridine rings is 1. The van der Waals surface area contributed by atoms with Gasteiger partial charge in [0.15, 0.2) is 5.65 Å². The summed E-state index contributed by atoms with van der Waals surface area (Å²) in [4.78, 5) is 19.6. The molecule has 6 nitrogen and oxygen atoms in total. The van der Waals surface area contributed by atoms with E-state index in [9.17, 15) is 10.1 Å². The van der Waals surface area contributed by atoms with Crippen LogP contribution in [0.2, 0.25) is 0 Å². The minimum absolute atomic E-state index is 0.0809. The lowest BCUT2D eigenvalue weighted by atomic mass is 9.95. The summed E-state index contributed by atoms with van der Waals surface area (Å²) in [5.74, 6) is 1.33. The van der Waals surface area contributed by atoms with Gasteiger partial charge >= 0.3 is 0 Å². The van der Waals surface area contributed by atoms with E-state index in [0.717, 1.165) is 74.2 Å². The molecule has 1 saturated heterocycles. The van der Waals surface area contributed by atoms with Crippen LogP contribution in [-0.4, -0.2) is 34.9 Å². The molecule has 0 spiro atoms. The Balaban J connectivity index is 1.58. The van der Waals surface area contributed by atoms with Crippen molar-refractivity contribution in [1.82, 2.24) is 14.7 Å². The summed E-state index contributed by atoms with van der Waals surface area (Å²) in [6.45, 7) is 6.56. The van der Waals surface area contributed by atoms with Gasteiger partial charge in [-0.2, -0.15) is 5.26 Å². The first kappa shape index (κ1) is 20.2. The normalized spacial score (nSPS) is 14.9. The van der Waals surface area contributed by atoms with E-state index in [1.54, 1.807) is 0 Å². The Morgan fingerprint density at radius 1 is 1.27 bits per heavy atom. The highest BCUT2D eigenvalue weighted by molar-refractivity contribution is 5.85. The van der Waals surface area contributed by atoms with Gasteiger partial charge in [-0.15, -0.1) is 0 Å². The first-order valence-electron chi connectivity index (χ1n) is 11.0. The fourth-order valence-corrected chi connectivity index (χ4v) is 4.40. The predicted molar refractivity (Wildman–Crippen MR) is 120 cm³/mol. The Kier molecular flexibility index (Phi) is 5.89. The van der Waals surface area contributed by atoms with Crippen LogP contribution in [0, 0.1) is 24.2 Å². The number of unbranched alkanes of at least 4 members (excludes halogenated alkanes) is 2. The summed E-state index contributed by atoms with van der Waals surface area (Å²) in [6.07, 6.45) is 5.05. The number of para-hydroxylation sites is 2. The summed E-state index contributed by atoms with van der Waals surface area (Å²) in [5, 5.41) is 12.8. The third-order valence-corrected chi connectivity index (χ3v) is 6.13. The molecule has 6 heteroatoms. The SMILES string of the molecule is CCCCCNC(=O)C1CCN(c2cc(C)c(C#N)c3nc4ccccc4n23)CC1. The van der Waals surface area contributed by atoms with Gasteiger partial charge in [-0.05, 0) is 49.9 Å². The molecule has 0 radical (unpaired) electrons. The summed E-state index contributed by atoms with van der Waals surface area (Å²) in [7, 11) is 0. The molecule has 0 aliphatic carbocycles. The average Bonchev–Trinajstić information content (AvgIpc) is 3.15. The van der Waals surface area contributed by atoms with Gasteiger partial charge < -0.3 is 10.2 Å². The number of nitrogens with one attached hydrogen (secondary N) is 1. The third-order valence-electron chi connectivity index (χ3n) is 6.13. The van der Waals surface area contributed by atoms with Crippen LogP contribution in [0.3, 0.4) is 0 Å². The maximum atomic E-state index is 12.5. The van der Waals surface area contributed by atoms with Crippen LogP contribution in [0.5, 0.6) is 0 Å². The molecule has 30 heavy (non-hydrogen) atoms. The number of aryl methyl sites for hydroxylation is 1. The maximum Gasteiger partial charge on any atom is 0.223 e. The number of fused-ring (bicyclic) bond motifs is 3. The maximum absolute atomic E-state index is 12.5. The Bertz CT molecular complexity index is 1100. The highest BCUT2D eigenvalue weighted by Crippen LogP contribution is 2.31. The van der Waals surface area contributed by atoms with Gasteiger partial charge in [-0.3, -0.25) is 9.20 Å². The summed E-state index contributed by atoms with van der Waals surface area (Å²) in [6, 6.07) is 12.4. The molecule has 1 aliphatic heterocycles. The molecule has 0 saturated carbocycles. The number of anilines is 1. The largest absolute Gasteiger partial charge is 0.358 e. The van der Waals surface area contributed by atoms with Crippen molar-refractivity contribution < 1.29 is 4.79 Å². The number of imidazole rings is 1. The Hall–Kier alpha value is -3.07. The summed E-state index contributed by atoms with van der Waals surface area (Å²) < 4.78 is 2.10. The zero-order valence-electron chi connectivity index (χ0n) is 17.8. The number of hydrogen-bond donors (Lipinski definition) is 1. The molecule has 2 aromatic heterocycles. The number of carbonyl (C=O) groups is 1. The lowest BCUT2D eigenvalue weighted by Crippen LogP contribution is -2.41. The molecular weight excluding hydrogens is 374 g/mol. The van der Waals surface area contributed by atoms with E-state index >= 15 is 0 Å². The van der Waals surface area contributed by atoms with Crippen molar-refractivity contribution in [2.45, 2.75) is 46.0 Å². The molecule has 1 amide bonds. The second-order valence-electron chi connectivity index (χ2n) is 8.19. The number of nitriles is 1. The van der Waals surface area contributed by atoms with Gasteiger partial charge in [0.25, 0.3) is 0 Å². The van der Waals surface area contributed by atoms with E-state index in [4.69, 9.17) is 4.98 Å². The van der Waals surface area contributed by atoms with Crippen LogP contribution in [-0.2, 0) is 4.79 Å². The molecule has 3 heterocycles. The number of carbonyl (C=O) groups excluding carboxylic acids is 1. The van der Waals surface area contributed by atoms with Crippen LogP contribution in [0.4, 0.5) is 5.82 Å². The van der Waals surface area contributed by atoms with Crippen molar-refractivity contribution in [3.8, 4) is 6.07 Å². The van der Waals surface area contributed by atoms with Gasteiger partial charge in [0, 0.05) is 25.6 Å². The zero-order chi connectivity index (χ0) is 21.1. The van der Waals surface area contributed by atoms with Crippen molar-refractivity contribution >= 4 is 28.4 Å². The molecule has 1 aromatic carbocycles.